The molecule has 5 rings (SSSR count). The molecule has 4 aromatic rings. The Morgan fingerprint density at radius 2 is 1.93 bits per heavy atom. The van der Waals surface area contributed by atoms with Crippen molar-refractivity contribution in [1.82, 2.24) is 15.4 Å². The van der Waals surface area contributed by atoms with Crippen LogP contribution in [0, 0.1) is 5.82 Å². The molecule has 1 fully saturated rings. The van der Waals surface area contributed by atoms with Gasteiger partial charge in [0.1, 0.15) is 34.4 Å². The molecular formula is C26H25F3N6O5S. The summed E-state index contributed by atoms with van der Waals surface area (Å²) < 4.78 is 76.0. The Labute approximate surface area is 232 Å². The minimum atomic E-state index is -5.02. The summed E-state index contributed by atoms with van der Waals surface area (Å²) in [5.74, 6) is -3.89. The van der Waals surface area contributed by atoms with E-state index in [1.807, 2.05) is 11.6 Å². The lowest BCUT2D eigenvalue weighted by molar-refractivity contribution is 0.100. The standard InChI is InChI=1S/C26H25F3N6O5S/c1-26(9-10-26)19-13-20(34-40-19)31-24-21(23(30)36)22(32-33-24)15-4-7-17(35-41(37,38)25(28)29)18(12-15)39-11-8-14-2-5-16(27)6-3-14/h2-7,12-13,25,35H,8-11H2,1H3,(H2,30,36)(H2,31,32,33,34). The Morgan fingerprint density at radius 1 is 1.20 bits per heavy atom. The molecular weight excluding hydrogens is 565 g/mol. The van der Waals surface area contributed by atoms with Crippen LogP contribution in [0.2, 0.25) is 0 Å². The highest BCUT2D eigenvalue weighted by atomic mass is 32.2. The van der Waals surface area contributed by atoms with Crippen molar-refractivity contribution in [2.45, 2.75) is 37.4 Å². The molecule has 2 heterocycles. The number of hydrogen-bond donors (Lipinski definition) is 4. The van der Waals surface area contributed by atoms with Crippen LogP contribution in [-0.2, 0) is 21.9 Å². The lowest BCUT2D eigenvalue weighted by atomic mass is 10.1. The molecule has 0 bridgehead atoms. The number of nitrogens with two attached hydrogens (primary N) is 1. The van der Waals surface area contributed by atoms with Crippen LogP contribution in [0.3, 0.4) is 0 Å². The summed E-state index contributed by atoms with van der Waals surface area (Å²) in [6.07, 6.45) is 2.24. The zero-order chi connectivity index (χ0) is 29.4. The Balaban J connectivity index is 1.44. The summed E-state index contributed by atoms with van der Waals surface area (Å²) in [5, 5.41) is 13.8. The summed E-state index contributed by atoms with van der Waals surface area (Å²) in [6, 6.07) is 11.3. The van der Waals surface area contributed by atoms with Crippen LogP contribution < -0.4 is 20.5 Å². The van der Waals surface area contributed by atoms with Crippen molar-refractivity contribution in [2.75, 3.05) is 16.6 Å². The van der Waals surface area contributed by atoms with Gasteiger partial charge in [-0.05, 0) is 42.7 Å². The van der Waals surface area contributed by atoms with Crippen molar-refractivity contribution in [3.8, 4) is 17.0 Å². The third-order valence-electron chi connectivity index (χ3n) is 6.67. The number of ether oxygens (including phenoxy) is 1. The average molecular weight is 591 g/mol. The fourth-order valence-corrected chi connectivity index (χ4v) is 4.63. The second kappa shape index (κ2) is 10.8. The number of sulfonamides is 1. The van der Waals surface area contributed by atoms with Gasteiger partial charge in [-0.25, -0.2) is 12.8 Å². The van der Waals surface area contributed by atoms with Gasteiger partial charge in [0.2, 0.25) is 0 Å². The predicted octanol–water partition coefficient (Wildman–Crippen LogP) is 4.68. The van der Waals surface area contributed by atoms with Crippen LogP contribution >= 0.6 is 0 Å². The summed E-state index contributed by atoms with van der Waals surface area (Å²) in [6.45, 7) is 2.03. The third kappa shape index (κ3) is 6.14. The molecule has 11 nitrogen and oxygen atoms in total. The molecule has 1 saturated carbocycles. The molecule has 0 saturated heterocycles. The first-order chi connectivity index (χ1) is 19.4. The molecule has 0 aliphatic heterocycles. The highest BCUT2D eigenvalue weighted by Crippen LogP contribution is 2.48. The molecule has 0 radical (unpaired) electrons. The minimum absolute atomic E-state index is 0.0120. The van der Waals surface area contributed by atoms with E-state index in [0.717, 1.165) is 18.4 Å². The first-order valence-electron chi connectivity index (χ1n) is 12.4. The zero-order valence-corrected chi connectivity index (χ0v) is 22.4. The summed E-state index contributed by atoms with van der Waals surface area (Å²) in [4.78, 5) is 12.5. The number of anilines is 3. The number of nitrogens with zero attached hydrogens (tertiary/aromatic N) is 2. The van der Waals surface area contributed by atoms with E-state index in [1.165, 1.54) is 30.3 Å². The first kappa shape index (κ1) is 28.0. The lowest BCUT2D eigenvalue weighted by Gasteiger charge is -2.15. The molecule has 0 spiro atoms. The van der Waals surface area contributed by atoms with Crippen LogP contribution in [-0.4, -0.2) is 42.0 Å². The number of aromatic nitrogens is 3. The van der Waals surface area contributed by atoms with Gasteiger partial charge in [0.25, 0.3) is 15.9 Å². The van der Waals surface area contributed by atoms with Crippen molar-refractivity contribution in [3.05, 3.63) is 71.2 Å². The van der Waals surface area contributed by atoms with Crippen molar-refractivity contribution in [1.29, 1.82) is 0 Å². The monoisotopic (exact) mass is 590 g/mol. The van der Waals surface area contributed by atoms with Gasteiger partial charge in [0.15, 0.2) is 5.82 Å². The molecule has 1 aliphatic carbocycles. The van der Waals surface area contributed by atoms with Crippen LogP contribution in [0.5, 0.6) is 5.75 Å². The lowest BCUT2D eigenvalue weighted by Crippen LogP contribution is -2.21. The van der Waals surface area contributed by atoms with E-state index in [4.69, 9.17) is 15.0 Å². The van der Waals surface area contributed by atoms with Gasteiger partial charge in [-0.15, -0.1) is 0 Å². The number of H-pyrrole nitrogens is 1. The summed E-state index contributed by atoms with van der Waals surface area (Å²) in [7, 11) is -5.02. The van der Waals surface area contributed by atoms with Crippen molar-refractivity contribution in [2.24, 2.45) is 5.73 Å². The number of halogens is 3. The topological polar surface area (TPSA) is 165 Å². The van der Waals surface area contributed by atoms with Gasteiger partial charge in [-0.2, -0.15) is 13.9 Å². The number of aromatic amines is 1. The number of hydrogen-bond acceptors (Lipinski definition) is 8. The molecule has 0 unspecified atom stereocenters. The van der Waals surface area contributed by atoms with E-state index in [1.54, 1.807) is 18.2 Å². The Kier molecular flexibility index (Phi) is 7.38. The van der Waals surface area contributed by atoms with Crippen LogP contribution in [0.25, 0.3) is 11.3 Å². The molecule has 2 aromatic carbocycles. The Bertz CT molecular complexity index is 1680. The number of benzene rings is 2. The van der Waals surface area contributed by atoms with E-state index in [9.17, 15) is 26.4 Å². The van der Waals surface area contributed by atoms with E-state index in [2.05, 4.69) is 20.7 Å². The maximum absolute atomic E-state index is 13.2. The van der Waals surface area contributed by atoms with Crippen LogP contribution in [0.15, 0.2) is 53.1 Å². The SMILES string of the molecule is CC1(c2cc(Nc3[nH]nc(-c4ccc(NS(=O)(=O)C(F)F)c(OCCc5ccc(F)cc5)c4)c3C(N)=O)no2)CC1. The number of carbonyl (C=O) groups excluding carboxylic acids is 1. The number of amides is 1. The highest BCUT2D eigenvalue weighted by Gasteiger charge is 2.43. The number of rotatable bonds is 12. The molecule has 1 amide bonds. The molecule has 1 aliphatic rings. The fraction of sp³-hybridized carbons (Fsp3) is 0.269. The summed E-state index contributed by atoms with van der Waals surface area (Å²) >= 11 is 0. The van der Waals surface area contributed by atoms with Crippen LogP contribution in [0.4, 0.5) is 30.5 Å². The highest BCUT2D eigenvalue weighted by molar-refractivity contribution is 7.93. The molecule has 5 N–H and O–H groups in total. The molecule has 216 valence electrons. The van der Waals surface area contributed by atoms with Crippen LogP contribution in [0.1, 0.15) is 41.4 Å². The van der Waals surface area contributed by atoms with Gasteiger partial charge in [-0.3, -0.25) is 14.6 Å². The van der Waals surface area contributed by atoms with E-state index in [0.29, 0.717) is 18.0 Å². The number of primary amides is 1. The van der Waals surface area contributed by atoms with Gasteiger partial charge < -0.3 is 20.3 Å². The van der Waals surface area contributed by atoms with Crippen molar-refractivity contribution >= 4 is 33.3 Å². The maximum Gasteiger partial charge on any atom is 0.355 e. The van der Waals surface area contributed by atoms with E-state index in [-0.39, 0.29) is 46.1 Å². The quantitative estimate of drug-likeness (QED) is 0.185. The zero-order valence-electron chi connectivity index (χ0n) is 21.6. The van der Waals surface area contributed by atoms with E-state index < -0.39 is 27.5 Å². The normalized spacial score (nSPS) is 14.2. The third-order valence-corrected chi connectivity index (χ3v) is 7.65. The van der Waals surface area contributed by atoms with Gasteiger partial charge in [0, 0.05) is 23.5 Å². The fourth-order valence-electron chi connectivity index (χ4n) is 4.06. The van der Waals surface area contributed by atoms with Gasteiger partial charge >= 0.3 is 5.76 Å². The molecule has 0 atom stereocenters. The molecule has 2 aromatic heterocycles. The van der Waals surface area contributed by atoms with E-state index >= 15 is 0 Å². The predicted molar refractivity (Wildman–Crippen MR) is 143 cm³/mol. The largest absolute Gasteiger partial charge is 0.491 e. The number of nitrogens with one attached hydrogen (secondary N) is 3. The summed E-state index contributed by atoms with van der Waals surface area (Å²) in [5.41, 5.74) is 6.38. The van der Waals surface area contributed by atoms with Gasteiger partial charge in [-0.1, -0.05) is 30.3 Å². The minimum Gasteiger partial charge on any atom is -0.491 e. The molecule has 41 heavy (non-hydrogen) atoms. The number of alkyl halides is 2. The Hall–Kier alpha value is -4.53. The number of carbonyl (C=O) groups is 1. The maximum atomic E-state index is 13.2. The Morgan fingerprint density at radius 3 is 2.59 bits per heavy atom. The van der Waals surface area contributed by atoms with Gasteiger partial charge in [0.05, 0.1) is 12.3 Å². The van der Waals surface area contributed by atoms with Crippen molar-refractivity contribution < 1.29 is 35.6 Å². The second-order valence-corrected chi connectivity index (χ2v) is 11.4. The first-order valence-corrected chi connectivity index (χ1v) is 13.9. The average Bonchev–Trinajstić information content (AvgIpc) is 3.31. The second-order valence-electron chi connectivity index (χ2n) is 9.79. The van der Waals surface area contributed by atoms with Crippen molar-refractivity contribution in [3.63, 3.8) is 0 Å². The smallest absolute Gasteiger partial charge is 0.355 e. The molecule has 15 heteroatoms.